The van der Waals surface area contributed by atoms with E-state index in [0.717, 1.165) is 0 Å². The predicted octanol–water partition coefficient (Wildman–Crippen LogP) is 0.255. The number of halogens is 1. The Labute approximate surface area is 91.7 Å². The number of aryl methyl sites for hydroxylation is 1. The van der Waals surface area contributed by atoms with Gasteiger partial charge in [0.25, 0.3) is 5.91 Å². The number of hydrogen-bond donors (Lipinski definition) is 1. The third kappa shape index (κ3) is 1.93. The van der Waals surface area contributed by atoms with E-state index in [2.05, 4.69) is 9.97 Å². The molecule has 0 atom stereocenters. The van der Waals surface area contributed by atoms with Crippen molar-refractivity contribution >= 4 is 17.5 Å². The van der Waals surface area contributed by atoms with Crippen molar-refractivity contribution in [1.82, 2.24) is 14.9 Å². The lowest BCUT2D eigenvalue weighted by Gasteiger charge is -2.35. The summed E-state index contributed by atoms with van der Waals surface area (Å²) in [5, 5.41) is 9.32. The van der Waals surface area contributed by atoms with Crippen molar-refractivity contribution in [3.8, 4) is 0 Å². The van der Waals surface area contributed by atoms with Crippen LogP contribution >= 0.6 is 11.6 Å². The van der Waals surface area contributed by atoms with Gasteiger partial charge in [-0.05, 0) is 6.92 Å². The van der Waals surface area contributed by atoms with Crippen molar-refractivity contribution < 1.29 is 9.90 Å². The number of amides is 1. The lowest BCUT2D eigenvalue weighted by molar-refractivity contribution is 0.00549. The first kappa shape index (κ1) is 10.3. The Bertz CT molecular complexity index is 404. The minimum atomic E-state index is -0.421. The van der Waals surface area contributed by atoms with Gasteiger partial charge in [-0.1, -0.05) is 11.6 Å². The van der Waals surface area contributed by atoms with Crippen LogP contribution in [0.1, 0.15) is 16.3 Å². The maximum absolute atomic E-state index is 11.8. The molecule has 0 aromatic carbocycles. The van der Waals surface area contributed by atoms with E-state index < -0.39 is 6.10 Å². The Morgan fingerprint density at radius 3 is 2.93 bits per heavy atom. The van der Waals surface area contributed by atoms with Crippen LogP contribution in [0.15, 0.2) is 6.20 Å². The molecule has 80 valence electrons. The van der Waals surface area contributed by atoms with E-state index in [1.54, 1.807) is 6.92 Å². The third-order valence-electron chi connectivity index (χ3n) is 2.22. The number of aliphatic hydroxyl groups is 1. The van der Waals surface area contributed by atoms with Crippen LogP contribution in [-0.4, -0.2) is 45.1 Å². The lowest BCUT2D eigenvalue weighted by atomic mass is 10.1. The molecule has 0 radical (unpaired) electrons. The zero-order chi connectivity index (χ0) is 11.0. The molecule has 1 aliphatic rings. The minimum Gasteiger partial charge on any atom is -0.389 e. The van der Waals surface area contributed by atoms with E-state index in [1.807, 2.05) is 0 Å². The molecule has 1 aromatic heterocycles. The first-order valence-corrected chi connectivity index (χ1v) is 4.92. The Morgan fingerprint density at radius 2 is 2.33 bits per heavy atom. The van der Waals surface area contributed by atoms with Crippen molar-refractivity contribution in [3.63, 3.8) is 0 Å². The van der Waals surface area contributed by atoms with Crippen molar-refractivity contribution in [3.05, 3.63) is 22.7 Å². The highest BCUT2D eigenvalue weighted by molar-refractivity contribution is 6.33. The fourth-order valence-corrected chi connectivity index (χ4v) is 1.55. The van der Waals surface area contributed by atoms with Crippen LogP contribution in [0.25, 0.3) is 0 Å². The smallest absolute Gasteiger partial charge is 0.274 e. The number of rotatable bonds is 1. The molecule has 1 amide bonds. The predicted molar refractivity (Wildman–Crippen MR) is 53.7 cm³/mol. The zero-order valence-corrected chi connectivity index (χ0v) is 8.90. The van der Waals surface area contributed by atoms with Crippen LogP contribution in [0.3, 0.4) is 0 Å². The van der Waals surface area contributed by atoms with Gasteiger partial charge in [-0.25, -0.2) is 9.97 Å². The first-order valence-electron chi connectivity index (χ1n) is 4.54. The van der Waals surface area contributed by atoms with E-state index in [-0.39, 0.29) is 16.6 Å². The Morgan fingerprint density at radius 1 is 1.67 bits per heavy atom. The number of carbonyl (C=O) groups is 1. The number of likely N-dealkylation sites (tertiary alicyclic amines) is 1. The molecule has 2 heterocycles. The number of hydrogen-bond acceptors (Lipinski definition) is 4. The highest BCUT2D eigenvalue weighted by Crippen LogP contribution is 2.18. The molecular formula is C9H10ClN3O2. The minimum absolute atomic E-state index is 0.205. The van der Waals surface area contributed by atoms with Gasteiger partial charge in [0.2, 0.25) is 0 Å². The molecule has 0 bridgehead atoms. The molecule has 5 nitrogen and oxygen atoms in total. The Kier molecular flexibility index (Phi) is 2.58. The molecule has 1 aliphatic heterocycles. The summed E-state index contributed by atoms with van der Waals surface area (Å²) in [7, 11) is 0. The fourth-order valence-electron chi connectivity index (χ4n) is 1.38. The molecule has 0 unspecified atom stereocenters. The maximum Gasteiger partial charge on any atom is 0.274 e. The summed E-state index contributed by atoms with van der Waals surface area (Å²) in [6.07, 6.45) is 0.989. The average Bonchev–Trinajstić information content (AvgIpc) is 2.16. The maximum atomic E-state index is 11.8. The highest BCUT2D eigenvalue weighted by atomic mass is 35.5. The van der Waals surface area contributed by atoms with Crippen molar-refractivity contribution in [2.45, 2.75) is 13.0 Å². The Balaban J connectivity index is 2.22. The van der Waals surface area contributed by atoms with E-state index >= 15 is 0 Å². The summed E-state index contributed by atoms with van der Waals surface area (Å²) in [5.41, 5.74) is 0.205. The number of β-amino-alcohol motifs (C(OH)–C–C–N with tert-alkyl or cyclic N) is 1. The fraction of sp³-hybridized carbons (Fsp3) is 0.444. The summed E-state index contributed by atoms with van der Waals surface area (Å²) < 4.78 is 0. The van der Waals surface area contributed by atoms with E-state index in [1.165, 1.54) is 11.1 Å². The van der Waals surface area contributed by atoms with Gasteiger partial charge >= 0.3 is 0 Å². The molecule has 0 saturated carbocycles. The second-order valence-corrected chi connectivity index (χ2v) is 3.88. The van der Waals surface area contributed by atoms with E-state index in [4.69, 9.17) is 16.7 Å². The molecule has 1 fully saturated rings. The first-order chi connectivity index (χ1) is 7.08. The van der Waals surface area contributed by atoms with Crippen LogP contribution in [0.5, 0.6) is 0 Å². The molecule has 1 aromatic rings. The number of nitrogens with zero attached hydrogens (tertiary/aromatic N) is 3. The zero-order valence-electron chi connectivity index (χ0n) is 8.14. The van der Waals surface area contributed by atoms with Crippen LogP contribution in [0, 0.1) is 6.92 Å². The quantitative estimate of drug-likeness (QED) is 0.747. The van der Waals surface area contributed by atoms with E-state index in [0.29, 0.717) is 18.9 Å². The van der Waals surface area contributed by atoms with Gasteiger partial charge in [-0.2, -0.15) is 0 Å². The molecule has 1 N–H and O–H groups in total. The summed E-state index contributed by atoms with van der Waals surface area (Å²) in [5.74, 6) is 0.250. The number of carbonyl (C=O) groups excluding carboxylic acids is 1. The number of aromatic nitrogens is 2. The largest absolute Gasteiger partial charge is 0.389 e. The molecule has 0 aliphatic carbocycles. The Hall–Kier alpha value is -1.20. The van der Waals surface area contributed by atoms with Gasteiger partial charge in [0.15, 0.2) is 5.69 Å². The molecule has 15 heavy (non-hydrogen) atoms. The van der Waals surface area contributed by atoms with Gasteiger partial charge in [0, 0.05) is 13.1 Å². The standard InChI is InChI=1S/C9H10ClN3O2/c1-5-11-2-7(10)8(12-5)9(15)13-3-6(14)4-13/h2,6,14H,3-4H2,1H3. The molecule has 6 heteroatoms. The molecule has 2 rings (SSSR count). The molecule has 1 saturated heterocycles. The van der Waals surface area contributed by atoms with Gasteiger partial charge < -0.3 is 10.0 Å². The average molecular weight is 228 g/mol. The highest BCUT2D eigenvalue weighted by Gasteiger charge is 2.31. The van der Waals surface area contributed by atoms with Gasteiger partial charge in [-0.15, -0.1) is 0 Å². The van der Waals surface area contributed by atoms with Crippen LogP contribution < -0.4 is 0 Å². The summed E-state index contributed by atoms with van der Waals surface area (Å²) in [6.45, 7) is 2.38. The van der Waals surface area contributed by atoms with Crippen LogP contribution in [-0.2, 0) is 0 Å². The van der Waals surface area contributed by atoms with Crippen LogP contribution in [0.2, 0.25) is 5.02 Å². The number of aliphatic hydroxyl groups excluding tert-OH is 1. The molecule has 0 spiro atoms. The second kappa shape index (κ2) is 3.75. The van der Waals surface area contributed by atoms with Crippen molar-refractivity contribution in [2.24, 2.45) is 0 Å². The topological polar surface area (TPSA) is 66.3 Å². The SMILES string of the molecule is Cc1ncc(Cl)c(C(=O)N2CC(O)C2)n1. The summed E-state index contributed by atoms with van der Waals surface area (Å²) >= 11 is 5.82. The van der Waals surface area contributed by atoms with Crippen molar-refractivity contribution in [1.29, 1.82) is 0 Å². The summed E-state index contributed by atoms with van der Waals surface area (Å²) in [4.78, 5) is 21.1. The monoisotopic (exact) mass is 227 g/mol. The van der Waals surface area contributed by atoms with Crippen LogP contribution in [0.4, 0.5) is 0 Å². The second-order valence-electron chi connectivity index (χ2n) is 3.48. The summed E-state index contributed by atoms with van der Waals surface area (Å²) in [6, 6.07) is 0. The lowest BCUT2D eigenvalue weighted by Crippen LogP contribution is -2.53. The van der Waals surface area contributed by atoms with Gasteiger partial charge in [0.1, 0.15) is 5.82 Å². The van der Waals surface area contributed by atoms with Gasteiger partial charge in [-0.3, -0.25) is 4.79 Å². The third-order valence-corrected chi connectivity index (χ3v) is 2.49. The molecular weight excluding hydrogens is 218 g/mol. The van der Waals surface area contributed by atoms with Crippen molar-refractivity contribution in [2.75, 3.05) is 13.1 Å². The normalized spacial score (nSPS) is 16.3. The van der Waals surface area contributed by atoms with E-state index in [9.17, 15) is 4.79 Å². The van der Waals surface area contributed by atoms with Gasteiger partial charge in [0.05, 0.1) is 17.3 Å².